The van der Waals surface area contributed by atoms with Crippen molar-refractivity contribution in [1.29, 1.82) is 0 Å². The molecule has 0 saturated carbocycles. The van der Waals surface area contributed by atoms with Gasteiger partial charge in [-0.05, 0) is 42.3 Å². The van der Waals surface area contributed by atoms with Crippen LogP contribution in [0.4, 0.5) is 0 Å². The number of ether oxygens (including phenoxy) is 1. The summed E-state index contributed by atoms with van der Waals surface area (Å²) in [5.41, 5.74) is 2.97. The second-order valence-corrected chi connectivity index (χ2v) is 7.30. The van der Waals surface area contributed by atoms with Crippen molar-refractivity contribution in [2.75, 3.05) is 6.54 Å². The zero-order chi connectivity index (χ0) is 19.8. The molecule has 0 saturated heterocycles. The van der Waals surface area contributed by atoms with Gasteiger partial charge < -0.3 is 4.74 Å². The van der Waals surface area contributed by atoms with Crippen molar-refractivity contribution in [3.63, 3.8) is 0 Å². The Balaban J connectivity index is 1.65. The van der Waals surface area contributed by atoms with Gasteiger partial charge in [-0.25, -0.2) is 4.79 Å². The number of nitrogens with zero attached hydrogens (tertiary/aromatic N) is 1. The van der Waals surface area contributed by atoms with Crippen molar-refractivity contribution >= 4 is 17.6 Å². The highest BCUT2D eigenvalue weighted by Gasteiger charge is 2.16. The van der Waals surface area contributed by atoms with Gasteiger partial charge in [0.2, 0.25) is 0 Å². The first-order chi connectivity index (χ1) is 13.6. The van der Waals surface area contributed by atoms with Crippen LogP contribution in [0.2, 0.25) is 5.02 Å². The molecule has 28 heavy (non-hydrogen) atoms. The third-order valence-electron chi connectivity index (χ3n) is 4.40. The lowest BCUT2D eigenvalue weighted by Crippen LogP contribution is -2.33. The van der Waals surface area contributed by atoms with Crippen LogP contribution in [-0.4, -0.2) is 23.5 Å². The average Bonchev–Trinajstić information content (AvgIpc) is 2.70. The summed E-state index contributed by atoms with van der Waals surface area (Å²) < 4.78 is 5.66. The van der Waals surface area contributed by atoms with E-state index in [1.807, 2.05) is 43.3 Å². The minimum absolute atomic E-state index is 0.240. The van der Waals surface area contributed by atoms with Gasteiger partial charge in [0.1, 0.15) is 6.10 Å². The Morgan fingerprint density at radius 1 is 0.857 bits per heavy atom. The zero-order valence-corrected chi connectivity index (χ0v) is 16.7. The number of benzene rings is 3. The SMILES string of the molecule is C[C@H](CN(Cc1ccccc1)Cc1ccccc1)OC(=O)c1ccc(Cl)cc1. The monoisotopic (exact) mass is 393 g/mol. The molecule has 0 spiro atoms. The van der Waals surface area contributed by atoms with E-state index in [1.165, 1.54) is 11.1 Å². The number of halogens is 1. The summed E-state index contributed by atoms with van der Waals surface area (Å²) in [5, 5.41) is 0.599. The second-order valence-electron chi connectivity index (χ2n) is 6.86. The van der Waals surface area contributed by atoms with E-state index >= 15 is 0 Å². The van der Waals surface area contributed by atoms with E-state index in [1.54, 1.807) is 24.3 Å². The van der Waals surface area contributed by atoms with Crippen LogP contribution in [0.3, 0.4) is 0 Å². The first kappa shape index (κ1) is 20.1. The molecular weight excluding hydrogens is 370 g/mol. The molecule has 0 aliphatic carbocycles. The van der Waals surface area contributed by atoms with Crippen molar-refractivity contribution in [2.45, 2.75) is 26.1 Å². The third-order valence-corrected chi connectivity index (χ3v) is 4.65. The van der Waals surface area contributed by atoms with Crippen LogP contribution in [-0.2, 0) is 17.8 Å². The van der Waals surface area contributed by atoms with Gasteiger partial charge in [-0.1, -0.05) is 72.3 Å². The molecular formula is C24H24ClNO2. The molecule has 3 aromatic rings. The molecule has 0 bridgehead atoms. The average molecular weight is 394 g/mol. The lowest BCUT2D eigenvalue weighted by molar-refractivity contribution is 0.0237. The fraction of sp³-hybridized carbons (Fsp3) is 0.208. The van der Waals surface area contributed by atoms with Crippen LogP contribution >= 0.6 is 11.6 Å². The molecule has 0 aliphatic heterocycles. The van der Waals surface area contributed by atoms with Crippen LogP contribution in [0.5, 0.6) is 0 Å². The molecule has 0 heterocycles. The van der Waals surface area contributed by atoms with Crippen molar-refractivity contribution in [1.82, 2.24) is 4.90 Å². The van der Waals surface area contributed by atoms with Gasteiger partial charge in [-0.2, -0.15) is 0 Å². The van der Waals surface area contributed by atoms with Gasteiger partial charge in [0, 0.05) is 24.7 Å². The predicted octanol–water partition coefficient (Wildman–Crippen LogP) is 5.59. The van der Waals surface area contributed by atoms with Crippen molar-refractivity contribution in [3.05, 3.63) is 107 Å². The van der Waals surface area contributed by atoms with Gasteiger partial charge in [0.25, 0.3) is 0 Å². The molecule has 3 rings (SSSR count). The maximum atomic E-state index is 12.4. The van der Waals surface area contributed by atoms with E-state index in [9.17, 15) is 4.79 Å². The minimum Gasteiger partial charge on any atom is -0.458 e. The van der Waals surface area contributed by atoms with Crippen molar-refractivity contribution in [2.24, 2.45) is 0 Å². The first-order valence-corrected chi connectivity index (χ1v) is 9.75. The summed E-state index contributed by atoms with van der Waals surface area (Å²) in [6, 6.07) is 27.4. The summed E-state index contributed by atoms with van der Waals surface area (Å²) in [5.74, 6) is -0.330. The highest BCUT2D eigenvalue weighted by molar-refractivity contribution is 6.30. The highest BCUT2D eigenvalue weighted by Crippen LogP contribution is 2.14. The van der Waals surface area contributed by atoms with Gasteiger partial charge in [-0.15, -0.1) is 0 Å². The fourth-order valence-electron chi connectivity index (χ4n) is 3.11. The predicted molar refractivity (Wildman–Crippen MR) is 113 cm³/mol. The summed E-state index contributed by atoms with van der Waals surface area (Å²) in [6.45, 7) is 4.15. The molecule has 0 aliphatic rings. The number of hydrogen-bond donors (Lipinski definition) is 0. The van der Waals surface area contributed by atoms with E-state index in [4.69, 9.17) is 16.3 Å². The van der Waals surface area contributed by atoms with Gasteiger partial charge >= 0.3 is 5.97 Å². The maximum absolute atomic E-state index is 12.4. The van der Waals surface area contributed by atoms with Gasteiger partial charge in [0.05, 0.1) is 5.56 Å². The normalized spacial score (nSPS) is 12.0. The lowest BCUT2D eigenvalue weighted by Gasteiger charge is -2.26. The third kappa shape index (κ3) is 6.22. The zero-order valence-electron chi connectivity index (χ0n) is 15.9. The highest BCUT2D eigenvalue weighted by atomic mass is 35.5. The molecule has 0 amide bonds. The van der Waals surface area contributed by atoms with Crippen molar-refractivity contribution in [3.8, 4) is 0 Å². The van der Waals surface area contributed by atoms with Crippen LogP contribution in [0.15, 0.2) is 84.9 Å². The van der Waals surface area contributed by atoms with Crippen LogP contribution < -0.4 is 0 Å². The Morgan fingerprint density at radius 3 is 1.86 bits per heavy atom. The lowest BCUT2D eigenvalue weighted by atomic mass is 10.1. The summed E-state index contributed by atoms with van der Waals surface area (Å²) in [6.07, 6.45) is -0.240. The summed E-state index contributed by atoms with van der Waals surface area (Å²) in [7, 11) is 0. The quantitative estimate of drug-likeness (QED) is 0.467. The second kappa shape index (κ2) is 10.1. The van der Waals surface area contributed by atoms with Gasteiger partial charge in [0.15, 0.2) is 0 Å². The Hall–Kier alpha value is -2.62. The number of carbonyl (C=O) groups excluding carboxylic acids is 1. The summed E-state index contributed by atoms with van der Waals surface area (Å²) in [4.78, 5) is 14.7. The Labute approximate surface area is 171 Å². The minimum atomic E-state index is -0.330. The Bertz CT molecular complexity index is 825. The molecule has 0 N–H and O–H groups in total. The van der Waals surface area contributed by atoms with E-state index in [-0.39, 0.29) is 12.1 Å². The van der Waals surface area contributed by atoms with E-state index in [0.29, 0.717) is 17.1 Å². The van der Waals surface area contributed by atoms with Crippen LogP contribution in [0.25, 0.3) is 0 Å². The van der Waals surface area contributed by atoms with E-state index < -0.39 is 0 Å². The molecule has 0 fully saturated rings. The standard InChI is InChI=1S/C24H24ClNO2/c1-19(28-24(27)22-12-14-23(25)15-13-22)16-26(17-20-8-4-2-5-9-20)18-21-10-6-3-7-11-21/h2-15,19H,16-18H2,1H3/t19-/m1/s1. The molecule has 0 aromatic heterocycles. The molecule has 3 aromatic carbocycles. The Morgan fingerprint density at radius 2 is 1.36 bits per heavy atom. The Kier molecular flexibility index (Phi) is 7.24. The maximum Gasteiger partial charge on any atom is 0.338 e. The molecule has 4 heteroatoms. The van der Waals surface area contributed by atoms with E-state index in [0.717, 1.165) is 13.1 Å². The molecule has 0 radical (unpaired) electrons. The smallest absolute Gasteiger partial charge is 0.338 e. The topological polar surface area (TPSA) is 29.5 Å². The number of hydrogen-bond acceptors (Lipinski definition) is 3. The molecule has 3 nitrogen and oxygen atoms in total. The fourth-order valence-corrected chi connectivity index (χ4v) is 3.23. The van der Waals surface area contributed by atoms with Crippen LogP contribution in [0, 0.1) is 0 Å². The number of rotatable bonds is 8. The number of esters is 1. The molecule has 1 atom stereocenters. The molecule has 0 unspecified atom stereocenters. The summed E-state index contributed by atoms with van der Waals surface area (Å²) >= 11 is 5.89. The van der Waals surface area contributed by atoms with Gasteiger partial charge in [-0.3, -0.25) is 4.90 Å². The van der Waals surface area contributed by atoms with E-state index in [2.05, 4.69) is 29.2 Å². The number of carbonyl (C=O) groups is 1. The van der Waals surface area contributed by atoms with Crippen LogP contribution in [0.1, 0.15) is 28.4 Å². The molecule has 144 valence electrons. The first-order valence-electron chi connectivity index (χ1n) is 9.37. The van der Waals surface area contributed by atoms with Crippen molar-refractivity contribution < 1.29 is 9.53 Å². The largest absolute Gasteiger partial charge is 0.458 e.